The molecule has 2 atom stereocenters. The van der Waals surface area contributed by atoms with E-state index in [0.717, 1.165) is 44.2 Å². The van der Waals surface area contributed by atoms with Crippen LogP contribution in [-0.4, -0.2) is 4.57 Å². The number of benzene rings is 8. The van der Waals surface area contributed by atoms with Gasteiger partial charge in [-0.15, -0.1) is 11.3 Å². The fourth-order valence-electron chi connectivity index (χ4n) is 9.04. The maximum absolute atomic E-state index is 6.65. The van der Waals surface area contributed by atoms with Crippen LogP contribution in [0.1, 0.15) is 35.2 Å². The zero-order valence-electron chi connectivity index (χ0n) is 30.8. The molecule has 2 N–H and O–H groups in total. The Labute approximate surface area is 332 Å². The third-order valence-corrected chi connectivity index (χ3v) is 12.8. The Morgan fingerprint density at radius 2 is 1.09 bits per heavy atom. The molecule has 8 aromatic carbocycles. The van der Waals surface area contributed by atoms with Gasteiger partial charge in [0.25, 0.3) is 0 Å². The topological polar surface area (TPSA) is 56.2 Å². The van der Waals surface area contributed by atoms with Crippen LogP contribution in [0.5, 0.6) is 0 Å². The van der Waals surface area contributed by atoms with E-state index in [1.807, 2.05) is 23.5 Å². The van der Waals surface area contributed by atoms with E-state index in [2.05, 4.69) is 185 Å². The molecule has 12 rings (SSSR count). The Hall–Kier alpha value is -6.54. The molecular formula is C51H35N4OS-. The zero-order chi connectivity index (χ0) is 37.5. The van der Waals surface area contributed by atoms with Crippen molar-refractivity contribution in [2.75, 3.05) is 0 Å². The minimum absolute atomic E-state index is 0.162. The van der Waals surface area contributed by atoms with Crippen LogP contribution in [0, 0.1) is 0 Å². The highest BCUT2D eigenvalue weighted by Crippen LogP contribution is 2.44. The Balaban J connectivity index is 0.943. The first-order valence-corrected chi connectivity index (χ1v) is 20.3. The van der Waals surface area contributed by atoms with Gasteiger partial charge < -0.3 is 24.9 Å². The zero-order valence-corrected chi connectivity index (χ0v) is 31.6. The number of hydrogen-bond acceptors (Lipinski definition) is 4. The lowest BCUT2D eigenvalue weighted by Crippen LogP contribution is -2.44. The molecule has 1 aliphatic rings. The van der Waals surface area contributed by atoms with E-state index in [1.54, 1.807) is 0 Å². The molecule has 11 aromatic rings. The molecule has 0 spiro atoms. The molecule has 3 aromatic heterocycles. The molecule has 2 unspecified atom stereocenters. The van der Waals surface area contributed by atoms with Gasteiger partial charge in [0, 0.05) is 41.7 Å². The van der Waals surface area contributed by atoms with Crippen LogP contribution in [0.4, 0.5) is 0 Å². The van der Waals surface area contributed by atoms with Gasteiger partial charge in [-0.25, -0.2) is 0 Å². The molecule has 0 aliphatic carbocycles. The highest BCUT2D eigenvalue weighted by molar-refractivity contribution is 7.26. The molecule has 272 valence electrons. The molecule has 1 aliphatic heterocycles. The van der Waals surface area contributed by atoms with Gasteiger partial charge in [0.05, 0.1) is 22.9 Å². The molecule has 0 radical (unpaired) electrons. The molecule has 6 heteroatoms. The van der Waals surface area contributed by atoms with Gasteiger partial charge in [-0.05, 0) is 65.2 Å². The van der Waals surface area contributed by atoms with Crippen molar-refractivity contribution in [1.29, 1.82) is 0 Å². The van der Waals surface area contributed by atoms with Gasteiger partial charge in [0.2, 0.25) is 0 Å². The summed E-state index contributed by atoms with van der Waals surface area (Å²) in [6.07, 6.45) is -0.515. The Morgan fingerprint density at radius 3 is 1.79 bits per heavy atom. The molecule has 57 heavy (non-hydrogen) atoms. The molecule has 4 heterocycles. The van der Waals surface area contributed by atoms with Crippen LogP contribution in [-0.2, 0) is 0 Å². The van der Waals surface area contributed by atoms with E-state index in [0.29, 0.717) is 0 Å². The normalized spacial score (nSPS) is 17.4. The number of nitrogens with one attached hydrogen (secondary N) is 2. The van der Waals surface area contributed by atoms with Gasteiger partial charge in [-0.3, -0.25) is 0 Å². The lowest BCUT2D eigenvalue weighted by atomic mass is 9.98. The van der Waals surface area contributed by atoms with Crippen molar-refractivity contribution in [3.8, 4) is 16.8 Å². The predicted octanol–water partition coefficient (Wildman–Crippen LogP) is 13.7. The van der Waals surface area contributed by atoms with Crippen LogP contribution in [0.3, 0.4) is 0 Å². The lowest BCUT2D eigenvalue weighted by Gasteiger charge is -2.50. The summed E-state index contributed by atoms with van der Waals surface area (Å²) in [5.74, 6) is 0. The smallest absolute Gasteiger partial charge is 0.136 e. The van der Waals surface area contributed by atoms with Crippen molar-refractivity contribution in [2.24, 2.45) is 0 Å². The highest BCUT2D eigenvalue weighted by Gasteiger charge is 2.25. The maximum atomic E-state index is 6.65. The summed E-state index contributed by atoms with van der Waals surface area (Å²) in [6.45, 7) is 0. The highest BCUT2D eigenvalue weighted by atomic mass is 32.1. The van der Waals surface area contributed by atoms with Crippen LogP contribution in [0.15, 0.2) is 186 Å². The van der Waals surface area contributed by atoms with Crippen LogP contribution >= 0.6 is 11.3 Å². The molecule has 1 fully saturated rings. The Kier molecular flexibility index (Phi) is 7.46. The average molecular weight is 752 g/mol. The van der Waals surface area contributed by atoms with Crippen molar-refractivity contribution in [3.63, 3.8) is 0 Å². The summed E-state index contributed by atoms with van der Waals surface area (Å²) in [6, 6.07) is 65.1. The third-order valence-electron chi connectivity index (χ3n) is 11.6. The largest absolute Gasteiger partial charge is 0.624 e. The number of para-hydroxylation sites is 2. The standard InChI is InChI=1S/C51H35N4OS/c1-3-13-31(14-4-1)49-52-50(32-15-5-2-6-16-32)54-51(53-49)39-19-11-23-43-47(39)37-27-25-33(29-44(37)56-43)34-26-28-38-46(30-34)57-45-24-12-22-42(48(38)45)55-40-20-9-7-17-35(40)36-18-8-10-21-41(36)55/h1-30,49-51,53-54H/q-1. The van der Waals surface area contributed by atoms with Gasteiger partial charge >= 0.3 is 0 Å². The minimum Gasteiger partial charge on any atom is -0.624 e. The molecule has 0 saturated carbocycles. The van der Waals surface area contributed by atoms with Crippen molar-refractivity contribution >= 4 is 75.3 Å². The maximum Gasteiger partial charge on any atom is 0.136 e. The molecule has 1 saturated heterocycles. The summed E-state index contributed by atoms with van der Waals surface area (Å²) in [5.41, 5.74) is 11.1. The number of furan rings is 1. The summed E-state index contributed by atoms with van der Waals surface area (Å²) < 4.78 is 11.6. The number of hydrogen-bond donors (Lipinski definition) is 2. The number of nitrogens with zero attached hydrogens (tertiary/aromatic N) is 2. The Morgan fingerprint density at radius 1 is 0.474 bits per heavy atom. The first kappa shape index (κ1) is 32.7. The fourth-order valence-corrected chi connectivity index (χ4v) is 10.2. The van der Waals surface area contributed by atoms with Crippen LogP contribution in [0.2, 0.25) is 0 Å². The van der Waals surface area contributed by atoms with Crippen LogP contribution in [0.25, 0.3) is 86.0 Å². The van der Waals surface area contributed by atoms with E-state index in [1.165, 1.54) is 53.2 Å². The van der Waals surface area contributed by atoms with Gasteiger partial charge in [-0.1, -0.05) is 157 Å². The number of thiophene rings is 1. The molecule has 0 bridgehead atoms. The number of aromatic nitrogens is 1. The van der Waals surface area contributed by atoms with Crippen molar-refractivity contribution in [2.45, 2.75) is 18.5 Å². The average Bonchev–Trinajstić information content (AvgIpc) is 3.96. The minimum atomic E-state index is -0.176. The predicted molar refractivity (Wildman–Crippen MR) is 237 cm³/mol. The van der Waals surface area contributed by atoms with Crippen molar-refractivity contribution in [3.05, 3.63) is 204 Å². The molecule has 5 nitrogen and oxygen atoms in total. The first-order valence-electron chi connectivity index (χ1n) is 19.5. The monoisotopic (exact) mass is 751 g/mol. The van der Waals surface area contributed by atoms with E-state index in [9.17, 15) is 0 Å². The second kappa shape index (κ2) is 13.0. The molecular weight excluding hydrogens is 717 g/mol. The first-order chi connectivity index (χ1) is 28.2. The second-order valence-electron chi connectivity index (χ2n) is 14.9. The van der Waals surface area contributed by atoms with E-state index in [-0.39, 0.29) is 18.5 Å². The fraction of sp³-hybridized carbons (Fsp3) is 0.0588. The third kappa shape index (κ3) is 5.27. The van der Waals surface area contributed by atoms with E-state index in [4.69, 9.17) is 9.73 Å². The van der Waals surface area contributed by atoms with Crippen molar-refractivity contribution in [1.82, 2.24) is 15.2 Å². The Bertz CT molecular complexity index is 3210. The van der Waals surface area contributed by atoms with E-state index < -0.39 is 0 Å². The van der Waals surface area contributed by atoms with Crippen LogP contribution < -0.4 is 10.6 Å². The molecule has 0 amide bonds. The summed E-state index contributed by atoms with van der Waals surface area (Å²) in [7, 11) is 0. The SMILES string of the molecule is c1ccc(C2[N-]C(c3ccccc3)NC(c3cccc4oc5cc(-c6ccc7c(c6)sc6cccc(-n8c9ccccc9c9ccccc98)c67)ccc5c34)N2)cc1. The number of rotatable bonds is 5. The van der Waals surface area contributed by atoms with Gasteiger partial charge in [0.1, 0.15) is 11.2 Å². The van der Waals surface area contributed by atoms with Crippen molar-refractivity contribution < 1.29 is 4.42 Å². The van der Waals surface area contributed by atoms with Gasteiger partial charge in [0.15, 0.2) is 0 Å². The summed E-state index contributed by atoms with van der Waals surface area (Å²) in [5, 5.41) is 20.1. The second-order valence-corrected chi connectivity index (χ2v) is 16.0. The summed E-state index contributed by atoms with van der Waals surface area (Å²) in [4.78, 5) is 0. The lowest BCUT2D eigenvalue weighted by molar-refractivity contribution is 0.318. The quantitative estimate of drug-likeness (QED) is 0.184. The van der Waals surface area contributed by atoms with Gasteiger partial charge in [-0.2, -0.15) is 0 Å². The summed E-state index contributed by atoms with van der Waals surface area (Å²) >= 11 is 1.86. The van der Waals surface area contributed by atoms with E-state index >= 15 is 0 Å². The number of fused-ring (bicyclic) bond motifs is 9.